The molecule has 0 heterocycles. The Balaban J connectivity index is -0.000000273. The Morgan fingerprint density at radius 1 is 0.783 bits per heavy atom. The second-order valence-corrected chi connectivity index (χ2v) is 22.3. The third-order valence-electron chi connectivity index (χ3n) is 5.10. The molecule has 140 valence electrons. The molecule has 0 fully saturated rings. The van der Waals surface area contributed by atoms with Gasteiger partial charge in [-0.05, 0) is 36.3 Å². The quantitative estimate of drug-likeness (QED) is 0.661. The Morgan fingerprint density at radius 3 is 0.957 bits per heavy atom. The van der Waals surface area contributed by atoms with Gasteiger partial charge < -0.3 is 8.23 Å². The van der Waals surface area contributed by atoms with Gasteiger partial charge in [0, 0.05) is 0 Å². The lowest BCUT2D eigenvalue weighted by Gasteiger charge is -2.35. The largest absolute Gasteiger partial charge is 0.463 e. The molecular formula is C16H45AlO2Si4. The van der Waals surface area contributed by atoms with Crippen LogP contribution in [0.1, 0.15) is 55.4 Å². The highest BCUT2D eigenvalue weighted by Crippen LogP contribution is 2.36. The Morgan fingerprint density at radius 2 is 0.957 bits per heavy atom. The van der Waals surface area contributed by atoms with Crippen molar-refractivity contribution in [2.24, 2.45) is 5.92 Å². The van der Waals surface area contributed by atoms with Crippen LogP contribution in [0.25, 0.3) is 0 Å². The molecule has 23 heavy (non-hydrogen) atoms. The maximum absolute atomic E-state index is 5.58. The van der Waals surface area contributed by atoms with Gasteiger partial charge in [-0.25, -0.2) is 0 Å². The summed E-state index contributed by atoms with van der Waals surface area (Å²) >= 11 is 2.69. The minimum absolute atomic E-state index is 0.398. The van der Waals surface area contributed by atoms with E-state index in [1.165, 1.54) is 5.28 Å². The fraction of sp³-hybridized carbons (Fsp3) is 1.00. The summed E-state index contributed by atoms with van der Waals surface area (Å²) in [6, 6.07) is 0. The highest BCUT2D eigenvalue weighted by molar-refractivity contribution is 6.76. The first-order valence-electron chi connectivity index (χ1n) is 8.70. The van der Waals surface area contributed by atoms with Gasteiger partial charge in [0.05, 0.1) is 0 Å². The molecule has 2 radical (unpaired) electrons. The van der Waals surface area contributed by atoms with Crippen molar-refractivity contribution in [3.8, 4) is 0 Å². The standard InChI is InChI=1S/2C6H18OSi2.C4H9.Al/c2*1-6(2,3)9(4,5)7-8;1-4(2)3;/h2*1-5,8H3;4H,1H2,2-3H3;. The van der Waals surface area contributed by atoms with Crippen LogP contribution in [0.15, 0.2) is 0 Å². The minimum Gasteiger partial charge on any atom is -0.463 e. The van der Waals surface area contributed by atoms with E-state index in [0.717, 1.165) is 26.9 Å². The molecule has 0 aromatic carbocycles. The summed E-state index contributed by atoms with van der Waals surface area (Å²) in [6.07, 6.45) is 0. The highest BCUT2D eigenvalue weighted by atomic mass is 28.4. The Kier molecular flexibility index (Phi) is 15.0. The van der Waals surface area contributed by atoms with E-state index in [9.17, 15) is 0 Å². The minimum atomic E-state index is -1.32. The molecule has 0 amide bonds. The van der Waals surface area contributed by atoms with E-state index >= 15 is 0 Å². The number of hydrogen-bond donors (Lipinski definition) is 0. The summed E-state index contributed by atoms with van der Waals surface area (Å²) in [6.45, 7) is 27.1. The van der Waals surface area contributed by atoms with Crippen molar-refractivity contribution in [2.45, 2.75) is 96.9 Å². The summed E-state index contributed by atoms with van der Waals surface area (Å²) in [4.78, 5) is 0. The lowest BCUT2D eigenvalue weighted by atomic mass is 10.2. The van der Waals surface area contributed by atoms with Crippen molar-refractivity contribution in [3.63, 3.8) is 0 Å². The molecule has 0 aliphatic carbocycles. The lowest BCUT2D eigenvalue weighted by Crippen LogP contribution is -2.39. The maximum Gasteiger partial charge on any atom is 0.178 e. The first-order chi connectivity index (χ1) is 9.89. The van der Waals surface area contributed by atoms with E-state index in [2.05, 4.69) is 97.9 Å². The molecule has 0 spiro atoms. The van der Waals surface area contributed by atoms with Gasteiger partial charge in [0.2, 0.25) is 0 Å². The van der Waals surface area contributed by atoms with Crippen molar-refractivity contribution < 1.29 is 8.23 Å². The summed E-state index contributed by atoms with van der Waals surface area (Å²) in [5.74, 6) is 0.847. The number of hydrogen-bond acceptors (Lipinski definition) is 2. The predicted octanol–water partition coefficient (Wildman–Crippen LogP) is 3.81. The van der Waals surface area contributed by atoms with Crippen LogP contribution in [0.4, 0.5) is 0 Å². The molecule has 0 aromatic heterocycles. The average Bonchev–Trinajstić information content (AvgIpc) is 2.37. The zero-order valence-corrected chi connectivity index (χ0v) is 25.8. The molecular weight excluding hydrogens is 364 g/mol. The van der Waals surface area contributed by atoms with Crippen molar-refractivity contribution in [3.05, 3.63) is 0 Å². The van der Waals surface area contributed by atoms with Crippen molar-refractivity contribution in [1.29, 1.82) is 0 Å². The predicted molar refractivity (Wildman–Crippen MR) is 122 cm³/mol. The van der Waals surface area contributed by atoms with Crippen LogP contribution in [-0.4, -0.2) is 53.9 Å². The molecule has 0 N–H and O–H groups in total. The van der Waals surface area contributed by atoms with E-state index in [-0.39, 0.29) is 0 Å². The smallest absolute Gasteiger partial charge is 0.178 e. The van der Waals surface area contributed by atoms with Crippen molar-refractivity contribution in [1.82, 2.24) is 0 Å². The Hall–Kier alpha value is 1.32. The van der Waals surface area contributed by atoms with Crippen LogP contribution in [0.3, 0.4) is 0 Å². The summed E-state index contributed by atoms with van der Waals surface area (Å²) in [7, 11) is -0.854. The highest BCUT2D eigenvalue weighted by Gasteiger charge is 2.35. The third-order valence-corrected chi connectivity index (χ3v) is 21.4. The molecule has 0 atom stereocenters. The second kappa shape index (κ2) is 11.8. The fourth-order valence-electron chi connectivity index (χ4n) is 0.612. The van der Waals surface area contributed by atoms with E-state index < -0.39 is 16.6 Å². The van der Waals surface area contributed by atoms with E-state index in [1.54, 1.807) is 0 Å². The molecule has 0 aromatic rings. The van der Waals surface area contributed by atoms with Gasteiger partial charge in [0.1, 0.15) is 37.3 Å². The van der Waals surface area contributed by atoms with E-state index in [4.69, 9.17) is 8.23 Å². The molecule has 0 aliphatic heterocycles. The number of rotatable bonds is 3. The average molecular weight is 409 g/mol. The van der Waals surface area contributed by atoms with E-state index in [1.807, 2.05) is 0 Å². The molecule has 0 aliphatic rings. The lowest BCUT2D eigenvalue weighted by molar-refractivity contribution is 0.530. The van der Waals surface area contributed by atoms with Crippen LogP contribution in [-0.2, 0) is 8.23 Å². The van der Waals surface area contributed by atoms with Crippen LogP contribution in [0.5, 0.6) is 0 Å². The monoisotopic (exact) mass is 408 g/mol. The summed E-state index contributed by atoms with van der Waals surface area (Å²) in [5, 5.41) is 2.02. The van der Waals surface area contributed by atoms with Crippen LogP contribution >= 0.6 is 0 Å². The van der Waals surface area contributed by atoms with Gasteiger partial charge in [-0.3, -0.25) is 0 Å². The SMILES string of the molecule is CC(C)(C)[Si](C)(C)O[SiH3].CC(C)(C)[Si](C)(C)O[SiH3].CC(C)[CH2][Al]. The van der Waals surface area contributed by atoms with Crippen LogP contribution in [0.2, 0.25) is 41.5 Å². The van der Waals surface area contributed by atoms with Gasteiger partial charge in [-0.15, -0.1) is 5.28 Å². The van der Waals surface area contributed by atoms with Gasteiger partial charge >= 0.3 is 0 Å². The Labute approximate surface area is 164 Å². The first-order valence-corrected chi connectivity index (χ1v) is 17.0. The fourth-order valence-corrected chi connectivity index (χ4v) is 5.51. The molecule has 0 unspecified atom stereocenters. The molecule has 7 heteroatoms. The maximum atomic E-state index is 5.58. The summed E-state index contributed by atoms with van der Waals surface area (Å²) in [5.41, 5.74) is 0. The van der Waals surface area contributed by atoms with Gasteiger partial charge in [-0.2, -0.15) is 0 Å². The Bertz CT molecular complexity index is 269. The molecule has 0 saturated heterocycles. The van der Waals surface area contributed by atoms with Gasteiger partial charge in [-0.1, -0.05) is 61.3 Å². The molecule has 0 bridgehead atoms. The normalized spacial score (nSPS) is 13.3. The molecule has 2 nitrogen and oxygen atoms in total. The van der Waals surface area contributed by atoms with Gasteiger partial charge in [0.25, 0.3) is 0 Å². The van der Waals surface area contributed by atoms with E-state index in [0.29, 0.717) is 10.1 Å². The molecule has 0 rings (SSSR count). The molecule has 0 saturated carbocycles. The van der Waals surface area contributed by atoms with Crippen LogP contribution in [0, 0.1) is 5.92 Å². The zero-order chi connectivity index (χ0) is 19.7. The third kappa shape index (κ3) is 14.2. The van der Waals surface area contributed by atoms with Crippen molar-refractivity contribution in [2.75, 3.05) is 0 Å². The van der Waals surface area contributed by atoms with Crippen LogP contribution < -0.4 is 0 Å². The second-order valence-electron chi connectivity index (χ2n) is 9.56. The van der Waals surface area contributed by atoms with Gasteiger partial charge in [0.15, 0.2) is 16.6 Å². The first kappa shape index (κ1) is 29.1. The zero-order valence-electron chi connectivity index (χ0n) is 18.7. The topological polar surface area (TPSA) is 18.5 Å². The van der Waals surface area contributed by atoms with Crippen molar-refractivity contribution >= 4 is 53.9 Å². The summed E-state index contributed by atoms with van der Waals surface area (Å²) < 4.78 is 11.2.